The second kappa shape index (κ2) is 10.2. The van der Waals surface area contributed by atoms with Crippen LogP contribution in [0.15, 0.2) is 67.5 Å². The number of ether oxygens (including phenoxy) is 2. The van der Waals surface area contributed by atoms with Crippen molar-refractivity contribution < 1.29 is 14.3 Å². The third kappa shape index (κ3) is 4.60. The fourth-order valence-corrected chi connectivity index (χ4v) is 5.41. The molecule has 9 heteroatoms. The molecule has 4 heterocycles. The first kappa shape index (κ1) is 24.6. The molecule has 0 aliphatic carbocycles. The molecule has 2 aromatic heterocycles. The Morgan fingerprint density at radius 3 is 2.85 bits per heavy atom. The summed E-state index contributed by atoms with van der Waals surface area (Å²) in [4.78, 5) is 23.1. The summed E-state index contributed by atoms with van der Waals surface area (Å²) in [6.07, 6.45) is 6.67. The van der Waals surface area contributed by atoms with Gasteiger partial charge in [0.25, 0.3) is 0 Å². The van der Waals surface area contributed by atoms with E-state index in [1.165, 1.54) is 6.08 Å². The van der Waals surface area contributed by atoms with Gasteiger partial charge in [0.15, 0.2) is 5.75 Å². The van der Waals surface area contributed by atoms with E-state index in [-0.39, 0.29) is 11.9 Å². The summed E-state index contributed by atoms with van der Waals surface area (Å²) in [7, 11) is 1.60. The minimum absolute atomic E-state index is 0.00478. The average Bonchev–Trinajstić information content (AvgIpc) is 3.57. The van der Waals surface area contributed by atoms with Gasteiger partial charge in [-0.3, -0.25) is 9.20 Å². The molecule has 1 N–H and O–H groups in total. The van der Waals surface area contributed by atoms with Crippen molar-refractivity contribution >= 4 is 11.7 Å². The predicted octanol–water partition coefficient (Wildman–Crippen LogP) is 4.14. The Labute approximate surface area is 226 Å². The van der Waals surface area contributed by atoms with E-state index in [0.29, 0.717) is 29.7 Å². The van der Waals surface area contributed by atoms with E-state index in [0.717, 1.165) is 59.8 Å². The number of hydrogen-bond donors (Lipinski definition) is 1. The lowest BCUT2D eigenvalue weighted by molar-refractivity contribution is -0.127. The van der Waals surface area contributed by atoms with Crippen molar-refractivity contribution in [2.75, 3.05) is 26.8 Å². The molecule has 0 saturated carbocycles. The zero-order valence-corrected chi connectivity index (χ0v) is 21.6. The molecule has 1 atom stereocenters. The largest absolute Gasteiger partial charge is 0.494 e. The van der Waals surface area contributed by atoms with Gasteiger partial charge in [-0.15, -0.1) is 0 Å². The van der Waals surface area contributed by atoms with Gasteiger partial charge in [0.05, 0.1) is 48.6 Å². The lowest BCUT2D eigenvalue weighted by atomic mass is 9.99. The van der Waals surface area contributed by atoms with Crippen LogP contribution < -0.4 is 14.8 Å². The molecule has 0 unspecified atom stereocenters. The number of imidazole rings is 1. The number of benzene rings is 2. The standard InChI is InChI=1S/C30H28N6O3/c1-3-27(37)35-11-9-22(10-12-35)33-25-18-39-26-14-20(7-8-24(25)26)28-29(21-6-4-5-19(13-21)15-31)36-17-23(38-2)16-32-30(36)34-28/h3-8,13-14,16-17,22,25,33H,1,9-12,18H2,2H3/t25-/m0/s1. The molecule has 1 amide bonds. The van der Waals surface area contributed by atoms with Crippen LogP contribution in [-0.2, 0) is 4.79 Å². The number of carbonyl (C=O) groups is 1. The third-order valence-corrected chi connectivity index (χ3v) is 7.44. The molecule has 2 aromatic carbocycles. The fraction of sp³-hybridized carbons (Fsp3) is 0.267. The van der Waals surface area contributed by atoms with Crippen LogP contribution in [-0.4, -0.2) is 58.0 Å². The second-order valence-corrected chi connectivity index (χ2v) is 9.75. The van der Waals surface area contributed by atoms with Crippen LogP contribution in [0.25, 0.3) is 28.3 Å². The van der Waals surface area contributed by atoms with Crippen LogP contribution in [0.5, 0.6) is 11.5 Å². The molecule has 0 bridgehead atoms. The third-order valence-electron chi connectivity index (χ3n) is 7.44. The smallest absolute Gasteiger partial charge is 0.245 e. The molecular weight excluding hydrogens is 492 g/mol. The van der Waals surface area contributed by atoms with E-state index < -0.39 is 0 Å². The van der Waals surface area contributed by atoms with Gasteiger partial charge in [0, 0.05) is 35.8 Å². The molecule has 0 radical (unpaired) electrons. The first-order valence-corrected chi connectivity index (χ1v) is 12.9. The van der Waals surface area contributed by atoms with Crippen molar-refractivity contribution in [3.8, 4) is 40.1 Å². The summed E-state index contributed by atoms with van der Waals surface area (Å²) in [5.41, 5.74) is 4.99. The predicted molar refractivity (Wildman–Crippen MR) is 146 cm³/mol. The maximum absolute atomic E-state index is 11.9. The Kier molecular flexibility index (Phi) is 6.47. The van der Waals surface area contributed by atoms with Gasteiger partial charge in [-0.05, 0) is 37.1 Å². The van der Waals surface area contributed by atoms with Gasteiger partial charge in [-0.25, -0.2) is 9.97 Å². The highest BCUT2D eigenvalue weighted by molar-refractivity contribution is 5.87. The topological polar surface area (TPSA) is 105 Å². The van der Waals surface area contributed by atoms with Crippen LogP contribution in [0, 0.1) is 11.3 Å². The molecule has 2 aliphatic heterocycles. The molecule has 1 fully saturated rings. The number of nitrogens with one attached hydrogen (secondary N) is 1. The summed E-state index contributed by atoms with van der Waals surface area (Å²) < 4.78 is 13.4. The van der Waals surface area contributed by atoms with E-state index in [2.05, 4.69) is 35.1 Å². The Balaban J connectivity index is 1.31. The molecular formula is C30H28N6O3. The number of hydrogen-bond acceptors (Lipinski definition) is 7. The number of fused-ring (bicyclic) bond motifs is 2. The van der Waals surface area contributed by atoms with Gasteiger partial charge >= 0.3 is 0 Å². The Hall–Kier alpha value is -4.68. The highest BCUT2D eigenvalue weighted by Gasteiger charge is 2.30. The quantitative estimate of drug-likeness (QED) is 0.381. The molecule has 4 aromatic rings. The molecule has 39 heavy (non-hydrogen) atoms. The van der Waals surface area contributed by atoms with Crippen molar-refractivity contribution in [2.45, 2.75) is 24.9 Å². The van der Waals surface area contributed by atoms with Crippen molar-refractivity contribution in [3.63, 3.8) is 0 Å². The molecule has 6 rings (SSSR count). The van der Waals surface area contributed by atoms with Gasteiger partial charge in [-0.2, -0.15) is 5.26 Å². The number of rotatable bonds is 6. The van der Waals surface area contributed by atoms with Gasteiger partial charge < -0.3 is 19.7 Å². The second-order valence-electron chi connectivity index (χ2n) is 9.75. The lowest BCUT2D eigenvalue weighted by Crippen LogP contribution is -2.45. The fourth-order valence-electron chi connectivity index (χ4n) is 5.41. The SMILES string of the molecule is C=CC(=O)N1CCC(N[C@H]2COc3cc(-c4nc5ncc(OC)cn5c4-c4cccc(C#N)c4)ccc32)CC1. The van der Waals surface area contributed by atoms with Crippen molar-refractivity contribution in [1.82, 2.24) is 24.6 Å². The van der Waals surface area contributed by atoms with Crippen LogP contribution in [0.1, 0.15) is 30.0 Å². The number of aromatic nitrogens is 3. The van der Waals surface area contributed by atoms with Crippen LogP contribution in [0.4, 0.5) is 0 Å². The Morgan fingerprint density at radius 2 is 2.08 bits per heavy atom. The zero-order chi connectivity index (χ0) is 26.9. The van der Waals surface area contributed by atoms with Crippen LogP contribution in [0.3, 0.4) is 0 Å². The summed E-state index contributed by atoms with van der Waals surface area (Å²) in [6.45, 7) is 5.59. The van der Waals surface area contributed by atoms with Gasteiger partial charge in [0.1, 0.15) is 12.4 Å². The molecule has 1 saturated heterocycles. The number of carbonyl (C=O) groups excluding carboxylic acids is 1. The van der Waals surface area contributed by atoms with Gasteiger partial charge in [-0.1, -0.05) is 30.8 Å². The highest BCUT2D eigenvalue weighted by Crippen LogP contribution is 2.39. The first-order valence-electron chi connectivity index (χ1n) is 12.9. The normalized spacial score (nSPS) is 16.9. The highest BCUT2D eigenvalue weighted by atomic mass is 16.5. The molecule has 9 nitrogen and oxygen atoms in total. The number of amides is 1. The van der Waals surface area contributed by atoms with Crippen molar-refractivity contribution in [3.05, 3.63) is 78.6 Å². The first-order chi connectivity index (χ1) is 19.1. The number of methoxy groups -OCH3 is 1. The van der Waals surface area contributed by atoms with Crippen molar-refractivity contribution in [2.24, 2.45) is 0 Å². The average molecular weight is 521 g/mol. The van der Waals surface area contributed by atoms with E-state index >= 15 is 0 Å². The van der Waals surface area contributed by atoms with E-state index in [1.807, 2.05) is 39.8 Å². The van der Waals surface area contributed by atoms with Crippen LogP contribution >= 0.6 is 0 Å². The van der Waals surface area contributed by atoms with E-state index in [4.69, 9.17) is 14.5 Å². The summed E-state index contributed by atoms with van der Waals surface area (Å²) in [6, 6.07) is 16.3. The Bertz CT molecular complexity index is 1610. The van der Waals surface area contributed by atoms with Crippen molar-refractivity contribution in [1.29, 1.82) is 5.26 Å². The molecule has 196 valence electrons. The minimum atomic E-state index is -0.00478. The van der Waals surface area contributed by atoms with E-state index in [1.54, 1.807) is 19.4 Å². The number of nitrogens with zero attached hydrogens (tertiary/aromatic N) is 5. The number of nitriles is 1. The van der Waals surface area contributed by atoms with Crippen LogP contribution in [0.2, 0.25) is 0 Å². The lowest BCUT2D eigenvalue weighted by Gasteiger charge is -2.33. The number of piperidine rings is 1. The summed E-state index contributed by atoms with van der Waals surface area (Å²) in [5.74, 6) is 1.96. The monoisotopic (exact) mass is 520 g/mol. The molecule has 0 spiro atoms. The number of likely N-dealkylation sites (tertiary alicyclic amines) is 1. The Morgan fingerprint density at radius 1 is 1.23 bits per heavy atom. The molecule has 2 aliphatic rings. The zero-order valence-electron chi connectivity index (χ0n) is 21.6. The maximum Gasteiger partial charge on any atom is 0.245 e. The maximum atomic E-state index is 11.9. The summed E-state index contributed by atoms with van der Waals surface area (Å²) in [5, 5.41) is 13.2. The minimum Gasteiger partial charge on any atom is -0.494 e. The van der Waals surface area contributed by atoms with Gasteiger partial charge in [0.2, 0.25) is 11.7 Å². The van der Waals surface area contributed by atoms with E-state index in [9.17, 15) is 10.1 Å². The summed E-state index contributed by atoms with van der Waals surface area (Å²) >= 11 is 0.